The highest BCUT2D eigenvalue weighted by Crippen LogP contribution is 2.48. The molecule has 2 nitrogen and oxygen atoms in total. The molecule has 3 heteroatoms. The number of hydrogen-bond acceptors (Lipinski definition) is 2. The Morgan fingerprint density at radius 3 is 2.55 bits per heavy atom. The molecule has 3 N–H and O–H groups in total. The topological polar surface area (TPSA) is 46.2 Å². The summed E-state index contributed by atoms with van der Waals surface area (Å²) >= 11 is 3.59. The second kappa shape index (κ2) is 6.59. The van der Waals surface area contributed by atoms with E-state index in [0.29, 0.717) is 6.54 Å². The lowest BCUT2D eigenvalue weighted by molar-refractivity contribution is -0.0107. The van der Waals surface area contributed by atoms with Crippen molar-refractivity contribution in [3.8, 4) is 0 Å². The molecule has 1 aliphatic carbocycles. The van der Waals surface area contributed by atoms with Crippen LogP contribution in [0.25, 0.3) is 0 Å². The molecule has 0 radical (unpaired) electrons. The number of benzene rings is 1. The van der Waals surface area contributed by atoms with Gasteiger partial charge in [-0.3, -0.25) is 0 Å². The maximum Gasteiger partial charge on any atom is 0.0869 e. The number of aliphatic hydroxyl groups excluding tert-OH is 1. The fraction of sp³-hybridized carbons (Fsp3) is 0.647. The summed E-state index contributed by atoms with van der Waals surface area (Å²) in [4.78, 5) is 0. The summed E-state index contributed by atoms with van der Waals surface area (Å²) in [6, 6.07) is 6.17. The summed E-state index contributed by atoms with van der Waals surface area (Å²) in [6.45, 7) is 4.88. The van der Waals surface area contributed by atoms with E-state index in [-0.39, 0.29) is 5.41 Å². The molecule has 0 aliphatic heterocycles. The van der Waals surface area contributed by atoms with Crippen LogP contribution in [-0.2, 0) is 0 Å². The van der Waals surface area contributed by atoms with Crippen molar-refractivity contribution in [3.05, 3.63) is 33.8 Å². The molecule has 0 aromatic heterocycles. The summed E-state index contributed by atoms with van der Waals surface area (Å²) in [5.74, 6) is 0.809. The van der Waals surface area contributed by atoms with Crippen molar-refractivity contribution in [1.29, 1.82) is 0 Å². The third-order valence-corrected chi connectivity index (χ3v) is 5.80. The minimum atomic E-state index is -0.472. The Labute approximate surface area is 130 Å². The van der Waals surface area contributed by atoms with Crippen LogP contribution in [-0.4, -0.2) is 11.7 Å². The van der Waals surface area contributed by atoms with Crippen molar-refractivity contribution in [2.75, 3.05) is 6.54 Å². The van der Waals surface area contributed by atoms with Crippen molar-refractivity contribution < 1.29 is 5.11 Å². The maximum absolute atomic E-state index is 10.9. The van der Waals surface area contributed by atoms with Crippen LogP contribution in [0.2, 0.25) is 0 Å². The first-order valence-electron chi connectivity index (χ1n) is 7.66. The smallest absolute Gasteiger partial charge is 0.0869 e. The number of nitrogens with two attached hydrogens (primary N) is 1. The van der Waals surface area contributed by atoms with Crippen molar-refractivity contribution in [3.63, 3.8) is 0 Å². The predicted octanol–water partition coefficient (Wildman–Crippen LogP) is 4.34. The van der Waals surface area contributed by atoms with Crippen LogP contribution in [0.4, 0.5) is 0 Å². The van der Waals surface area contributed by atoms with Gasteiger partial charge in [0.1, 0.15) is 0 Å². The zero-order valence-electron chi connectivity index (χ0n) is 12.5. The zero-order chi connectivity index (χ0) is 14.8. The Kier molecular flexibility index (Phi) is 5.27. The molecule has 1 saturated carbocycles. The second-order valence-electron chi connectivity index (χ2n) is 6.35. The van der Waals surface area contributed by atoms with Gasteiger partial charge in [0, 0.05) is 16.4 Å². The van der Waals surface area contributed by atoms with Gasteiger partial charge in [-0.2, -0.15) is 0 Å². The Hall–Kier alpha value is -0.380. The van der Waals surface area contributed by atoms with Gasteiger partial charge in [-0.05, 0) is 55.7 Å². The van der Waals surface area contributed by atoms with E-state index < -0.39 is 6.10 Å². The van der Waals surface area contributed by atoms with Crippen molar-refractivity contribution in [2.24, 2.45) is 17.1 Å². The molecule has 2 rings (SSSR count). The number of halogens is 1. The molecule has 20 heavy (non-hydrogen) atoms. The molecule has 0 spiro atoms. The van der Waals surface area contributed by atoms with Gasteiger partial charge in [0.25, 0.3) is 0 Å². The van der Waals surface area contributed by atoms with E-state index in [1.807, 2.05) is 6.07 Å². The van der Waals surface area contributed by atoms with Crippen LogP contribution < -0.4 is 5.73 Å². The van der Waals surface area contributed by atoms with E-state index in [4.69, 9.17) is 5.73 Å². The van der Waals surface area contributed by atoms with E-state index in [1.165, 1.54) is 24.8 Å². The summed E-state index contributed by atoms with van der Waals surface area (Å²) in [5, 5.41) is 10.9. The van der Waals surface area contributed by atoms with Gasteiger partial charge in [-0.25, -0.2) is 0 Å². The van der Waals surface area contributed by atoms with Crippen molar-refractivity contribution in [2.45, 2.75) is 52.1 Å². The first-order chi connectivity index (χ1) is 9.52. The maximum atomic E-state index is 10.9. The lowest BCUT2D eigenvalue weighted by atomic mass is 9.65. The highest BCUT2D eigenvalue weighted by molar-refractivity contribution is 9.10. The fourth-order valence-electron chi connectivity index (χ4n) is 3.43. The molecule has 0 saturated heterocycles. The first-order valence-corrected chi connectivity index (χ1v) is 8.46. The molecule has 0 amide bonds. The number of aliphatic hydroxyl groups is 1. The largest absolute Gasteiger partial charge is 0.388 e. The van der Waals surface area contributed by atoms with E-state index in [0.717, 1.165) is 28.8 Å². The second-order valence-corrected chi connectivity index (χ2v) is 7.20. The predicted molar refractivity (Wildman–Crippen MR) is 87.6 cm³/mol. The molecule has 1 aliphatic rings. The summed E-state index contributed by atoms with van der Waals surface area (Å²) in [6.07, 6.45) is 5.21. The SMILES string of the molecule is CCC1CCC(CN)(C(O)c2ccc(C)cc2Br)CC1. The zero-order valence-corrected chi connectivity index (χ0v) is 14.1. The summed E-state index contributed by atoms with van der Waals surface area (Å²) < 4.78 is 0.996. The van der Waals surface area contributed by atoms with Crippen LogP contribution >= 0.6 is 15.9 Å². The molecule has 1 fully saturated rings. The van der Waals surface area contributed by atoms with Gasteiger partial charge in [0.15, 0.2) is 0 Å². The minimum absolute atomic E-state index is 0.149. The monoisotopic (exact) mass is 339 g/mol. The third kappa shape index (κ3) is 3.10. The van der Waals surface area contributed by atoms with Gasteiger partial charge >= 0.3 is 0 Å². The van der Waals surface area contributed by atoms with E-state index in [9.17, 15) is 5.11 Å². The van der Waals surface area contributed by atoms with Crippen molar-refractivity contribution >= 4 is 15.9 Å². The van der Waals surface area contributed by atoms with Crippen LogP contribution in [0.3, 0.4) is 0 Å². The molecular formula is C17H26BrNO. The first kappa shape index (κ1) is 16.0. The van der Waals surface area contributed by atoms with Crippen LogP contribution in [0, 0.1) is 18.3 Å². The lowest BCUT2D eigenvalue weighted by Crippen LogP contribution is -2.40. The molecular weight excluding hydrogens is 314 g/mol. The molecule has 1 aromatic carbocycles. The van der Waals surface area contributed by atoms with Crippen LogP contribution in [0.1, 0.15) is 56.3 Å². The number of aryl methyl sites for hydroxylation is 1. The Morgan fingerprint density at radius 2 is 2.05 bits per heavy atom. The molecule has 1 atom stereocenters. The third-order valence-electron chi connectivity index (χ3n) is 5.12. The van der Waals surface area contributed by atoms with E-state index in [2.05, 4.69) is 41.9 Å². The van der Waals surface area contributed by atoms with Crippen LogP contribution in [0.15, 0.2) is 22.7 Å². The Morgan fingerprint density at radius 1 is 1.40 bits per heavy atom. The van der Waals surface area contributed by atoms with Crippen molar-refractivity contribution in [1.82, 2.24) is 0 Å². The Balaban J connectivity index is 2.23. The summed E-state index contributed by atoms with van der Waals surface area (Å²) in [7, 11) is 0. The average Bonchev–Trinajstić information content (AvgIpc) is 2.46. The molecule has 1 aromatic rings. The van der Waals surface area contributed by atoms with Gasteiger partial charge in [-0.15, -0.1) is 0 Å². The average molecular weight is 340 g/mol. The van der Waals surface area contributed by atoms with Gasteiger partial charge in [-0.1, -0.05) is 41.4 Å². The standard InChI is InChI=1S/C17H26BrNO/c1-3-13-6-8-17(11-19,9-7-13)16(20)14-5-4-12(2)10-15(14)18/h4-5,10,13,16,20H,3,6-9,11,19H2,1-2H3. The molecule has 1 unspecified atom stereocenters. The van der Waals surface area contributed by atoms with Gasteiger partial charge in [0.2, 0.25) is 0 Å². The molecule has 0 heterocycles. The van der Waals surface area contributed by atoms with Gasteiger partial charge in [0.05, 0.1) is 6.10 Å². The highest BCUT2D eigenvalue weighted by Gasteiger charge is 2.41. The molecule has 0 bridgehead atoms. The van der Waals surface area contributed by atoms with Crippen LogP contribution in [0.5, 0.6) is 0 Å². The number of hydrogen-bond donors (Lipinski definition) is 2. The van der Waals surface area contributed by atoms with Gasteiger partial charge < -0.3 is 10.8 Å². The highest BCUT2D eigenvalue weighted by atomic mass is 79.9. The quantitative estimate of drug-likeness (QED) is 0.857. The lowest BCUT2D eigenvalue weighted by Gasteiger charge is -2.43. The minimum Gasteiger partial charge on any atom is -0.388 e. The molecule has 112 valence electrons. The summed E-state index contributed by atoms with van der Waals surface area (Å²) in [5.41, 5.74) is 8.10. The Bertz CT molecular complexity index is 452. The van der Waals surface area contributed by atoms with E-state index in [1.54, 1.807) is 0 Å². The fourth-order valence-corrected chi connectivity index (χ4v) is 4.14. The van der Waals surface area contributed by atoms with E-state index >= 15 is 0 Å². The normalized spacial score (nSPS) is 28.4. The number of rotatable bonds is 4.